The van der Waals surface area contributed by atoms with Gasteiger partial charge in [-0.15, -0.1) is 12.4 Å². The summed E-state index contributed by atoms with van der Waals surface area (Å²) in [6.07, 6.45) is 1.76. The molecule has 0 spiro atoms. The minimum Gasteiger partial charge on any atom is -0.354 e. The van der Waals surface area contributed by atoms with Gasteiger partial charge in [0.15, 0.2) is 0 Å². The van der Waals surface area contributed by atoms with Crippen LogP contribution in [-0.4, -0.2) is 31.2 Å². The van der Waals surface area contributed by atoms with Crippen LogP contribution in [0.3, 0.4) is 0 Å². The Labute approximate surface area is 95.6 Å². The highest BCUT2D eigenvalue weighted by Gasteiger charge is 2.44. The van der Waals surface area contributed by atoms with Gasteiger partial charge in [-0.1, -0.05) is 6.92 Å². The van der Waals surface area contributed by atoms with Gasteiger partial charge in [0.25, 0.3) is 0 Å². The molecule has 0 aromatic carbocycles. The van der Waals surface area contributed by atoms with Crippen LogP contribution in [0.4, 0.5) is 4.39 Å². The zero-order chi connectivity index (χ0) is 10.2. The summed E-state index contributed by atoms with van der Waals surface area (Å²) >= 11 is 0. The maximum absolute atomic E-state index is 12.8. The van der Waals surface area contributed by atoms with Gasteiger partial charge in [-0.05, 0) is 19.3 Å². The number of amides is 1. The highest BCUT2D eigenvalue weighted by Crippen LogP contribution is 2.44. The Morgan fingerprint density at radius 3 is 2.73 bits per heavy atom. The minimum absolute atomic E-state index is 0. The van der Waals surface area contributed by atoms with E-state index in [0.29, 0.717) is 19.5 Å². The molecule has 2 atom stereocenters. The van der Waals surface area contributed by atoms with Crippen molar-refractivity contribution in [1.29, 1.82) is 0 Å². The van der Waals surface area contributed by atoms with E-state index < -0.39 is 6.17 Å². The quantitative estimate of drug-likeness (QED) is 0.769. The number of hydrogen-bond donors (Lipinski definition) is 2. The van der Waals surface area contributed by atoms with Crippen molar-refractivity contribution in [3.8, 4) is 0 Å². The van der Waals surface area contributed by atoms with Gasteiger partial charge in [-0.3, -0.25) is 4.79 Å². The fraction of sp³-hybridized carbons (Fsp3) is 0.900. The first-order valence-electron chi connectivity index (χ1n) is 5.26. The van der Waals surface area contributed by atoms with E-state index in [1.165, 1.54) is 0 Å². The predicted octanol–water partition coefficient (Wildman–Crippen LogP) is 1.02. The van der Waals surface area contributed by atoms with E-state index in [1.54, 1.807) is 0 Å². The molecule has 1 amide bonds. The molecule has 1 saturated carbocycles. The summed E-state index contributed by atoms with van der Waals surface area (Å²) in [5, 5.41) is 5.92. The number of carbonyl (C=O) groups is 1. The largest absolute Gasteiger partial charge is 0.354 e. The van der Waals surface area contributed by atoms with Crippen LogP contribution in [0.15, 0.2) is 0 Å². The van der Waals surface area contributed by atoms with Crippen molar-refractivity contribution in [3.63, 3.8) is 0 Å². The number of halogens is 2. The second-order valence-corrected chi connectivity index (χ2v) is 4.71. The molecule has 5 heteroatoms. The number of nitrogens with one attached hydrogen (secondary N) is 2. The van der Waals surface area contributed by atoms with E-state index in [2.05, 4.69) is 10.6 Å². The summed E-state index contributed by atoms with van der Waals surface area (Å²) in [6, 6.07) is 0.122. The van der Waals surface area contributed by atoms with Gasteiger partial charge >= 0.3 is 0 Å². The molecule has 2 fully saturated rings. The molecular formula is C10H18ClFN2O. The molecule has 2 rings (SSSR count). The fourth-order valence-electron chi connectivity index (χ4n) is 1.77. The molecule has 1 heterocycles. The fourth-order valence-corrected chi connectivity index (χ4v) is 1.77. The molecule has 88 valence electrons. The number of hydrogen-bond acceptors (Lipinski definition) is 2. The molecule has 0 bridgehead atoms. The van der Waals surface area contributed by atoms with Crippen molar-refractivity contribution in [2.75, 3.05) is 13.1 Å². The topological polar surface area (TPSA) is 41.1 Å². The van der Waals surface area contributed by atoms with Crippen LogP contribution in [0, 0.1) is 5.41 Å². The Morgan fingerprint density at radius 1 is 1.60 bits per heavy atom. The predicted molar refractivity (Wildman–Crippen MR) is 58.9 cm³/mol. The standard InChI is InChI=1S/C10H17FN2O.ClH/c1-10(2-3-10)9(14)13-6-8-4-7(11)5-12-8;/h7-8,12H,2-6H2,1H3,(H,13,14);1H/t7-,8-;/m0./s1. The maximum atomic E-state index is 12.8. The molecule has 2 N–H and O–H groups in total. The summed E-state index contributed by atoms with van der Waals surface area (Å²) in [5.41, 5.74) is -0.117. The van der Waals surface area contributed by atoms with Crippen LogP contribution in [0.25, 0.3) is 0 Å². The molecule has 1 aliphatic carbocycles. The molecule has 0 unspecified atom stereocenters. The lowest BCUT2D eigenvalue weighted by atomic mass is 10.1. The number of carbonyl (C=O) groups excluding carboxylic acids is 1. The van der Waals surface area contributed by atoms with Crippen molar-refractivity contribution in [3.05, 3.63) is 0 Å². The molecule has 0 aromatic rings. The zero-order valence-corrected chi connectivity index (χ0v) is 9.70. The van der Waals surface area contributed by atoms with E-state index in [4.69, 9.17) is 0 Å². The van der Waals surface area contributed by atoms with Crippen molar-refractivity contribution >= 4 is 18.3 Å². The summed E-state index contributed by atoms with van der Waals surface area (Å²) < 4.78 is 12.8. The first-order valence-corrected chi connectivity index (χ1v) is 5.26. The Bertz CT molecular complexity index is 246. The lowest BCUT2D eigenvalue weighted by molar-refractivity contribution is -0.125. The van der Waals surface area contributed by atoms with Crippen molar-refractivity contribution < 1.29 is 9.18 Å². The summed E-state index contributed by atoms with van der Waals surface area (Å²) in [5.74, 6) is 0.126. The monoisotopic (exact) mass is 236 g/mol. The second kappa shape index (κ2) is 4.66. The van der Waals surface area contributed by atoms with Gasteiger partial charge in [0, 0.05) is 24.5 Å². The Kier molecular flexibility index (Phi) is 3.95. The molecule has 0 aromatic heterocycles. The van der Waals surface area contributed by atoms with Gasteiger partial charge in [0.05, 0.1) is 0 Å². The van der Waals surface area contributed by atoms with Crippen molar-refractivity contribution in [2.45, 2.75) is 38.4 Å². The zero-order valence-electron chi connectivity index (χ0n) is 8.88. The molecule has 0 radical (unpaired) electrons. The minimum atomic E-state index is -0.742. The second-order valence-electron chi connectivity index (χ2n) is 4.71. The van der Waals surface area contributed by atoms with Crippen LogP contribution in [0.1, 0.15) is 26.2 Å². The van der Waals surface area contributed by atoms with Crippen molar-refractivity contribution in [2.24, 2.45) is 5.41 Å². The summed E-state index contributed by atoms with van der Waals surface area (Å²) in [6.45, 7) is 2.97. The average molecular weight is 237 g/mol. The number of rotatable bonds is 3. The van der Waals surface area contributed by atoms with Gasteiger partial charge in [-0.25, -0.2) is 4.39 Å². The van der Waals surface area contributed by atoms with Gasteiger partial charge in [-0.2, -0.15) is 0 Å². The van der Waals surface area contributed by atoms with E-state index in [9.17, 15) is 9.18 Å². The van der Waals surface area contributed by atoms with E-state index in [0.717, 1.165) is 12.8 Å². The third-order valence-electron chi connectivity index (χ3n) is 3.23. The van der Waals surface area contributed by atoms with Crippen LogP contribution in [0.2, 0.25) is 0 Å². The Balaban J connectivity index is 0.00000112. The van der Waals surface area contributed by atoms with Crippen LogP contribution >= 0.6 is 12.4 Å². The third-order valence-corrected chi connectivity index (χ3v) is 3.23. The van der Waals surface area contributed by atoms with E-state index >= 15 is 0 Å². The Hall–Kier alpha value is -0.350. The average Bonchev–Trinajstić information content (AvgIpc) is 2.76. The number of alkyl halides is 1. The van der Waals surface area contributed by atoms with Crippen molar-refractivity contribution in [1.82, 2.24) is 10.6 Å². The highest BCUT2D eigenvalue weighted by molar-refractivity contribution is 5.85. The molecule has 1 saturated heterocycles. The molecule has 1 aliphatic heterocycles. The molecule has 2 aliphatic rings. The summed E-state index contributed by atoms with van der Waals surface area (Å²) in [7, 11) is 0. The highest BCUT2D eigenvalue weighted by atomic mass is 35.5. The molecule has 15 heavy (non-hydrogen) atoms. The lowest BCUT2D eigenvalue weighted by Crippen LogP contribution is -2.39. The van der Waals surface area contributed by atoms with E-state index in [1.807, 2.05) is 6.92 Å². The third kappa shape index (κ3) is 3.05. The first-order chi connectivity index (χ1) is 6.60. The van der Waals surface area contributed by atoms with Gasteiger partial charge in [0.1, 0.15) is 6.17 Å². The molecule has 3 nitrogen and oxygen atoms in total. The van der Waals surface area contributed by atoms with E-state index in [-0.39, 0.29) is 29.8 Å². The smallest absolute Gasteiger partial charge is 0.225 e. The first kappa shape index (κ1) is 12.7. The van der Waals surface area contributed by atoms with Crippen LogP contribution < -0.4 is 10.6 Å². The lowest BCUT2D eigenvalue weighted by Gasteiger charge is -2.13. The maximum Gasteiger partial charge on any atom is 0.225 e. The SMILES string of the molecule is CC1(C(=O)NC[C@@H]2C[C@H](F)CN2)CC1.Cl. The normalized spacial score (nSPS) is 31.9. The van der Waals surface area contributed by atoms with Gasteiger partial charge in [0.2, 0.25) is 5.91 Å². The van der Waals surface area contributed by atoms with Crippen LogP contribution in [0.5, 0.6) is 0 Å². The van der Waals surface area contributed by atoms with Gasteiger partial charge < -0.3 is 10.6 Å². The summed E-state index contributed by atoms with van der Waals surface area (Å²) in [4.78, 5) is 11.5. The Morgan fingerprint density at radius 2 is 2.27 bits per heavy atom. The van der Waals surface area contributed by atoms with Crippen LogP contribution in [-0.2, 0) is 4.79 Å². The molecular weight excluding hydrogens is 219 g/mol.